The highest BCUT2D eigenvalue weighted by molar-refractivity contribution is 6.32. The average Bonchev–Trinajstić information content (AvgIpc) is 3.41. The first-order chi connectivity index (χ1) is 22.5. The number of pyridine rings is 1. The smallest absolute Gasteiger partial charge is 0.339 e. The first-order valence-corrected chi connectivity index (χ1v) is 15.5. The third kappa shape index (κ3) is 8.33. The molecule has 0 spiro atoms. The number of nitriles is 1. The fourth-order valence-corrected chi connectivity index (χ4v) is 5.82. The van der Waals surface area contributed by atoms with Crippen LogP contribution in [0.4, 0.5) is 8.78 Å². The highest BCUT2D eigenvalue weighted by Crippen LogP contribution is 2.36. The predicted octanol–water partition coefficient (Wildman–Crippen LogP) is 8.49. The van der Waals surface area contributed by atoms with Gasteiger partial charge >= 0.3 is 5.97 Å². The lowest BCUT2D eigenvalue weighted by atomic mass is 9.91. The van der Waals surface area contributed by atoms with E-state index < -0.39 is 11.9 Å². The van der Waals surface area contributed by atoms with E-state index in [-0.39, 0.29) is 48.3 Å². The van der Waals surface area contributed by atoms with Gasteiger partial charge in [0, 0.05) is 43.5 Å². The van der Waals surface area contributed by atoms with Gasteiger partial charge in [0.2, 0.25) is 0 Å². The summed E-state index contributed by atoms with van der Waals surface area (Å²) in [4.78, 5) is 17.7. The Morgan fingerprint density at radius 2 is 1.81 bits per heavy atom. The molecule has 10 heteroatoms. The van der Waals surface area contributed by atoms with E-state index in [0.29, 0.717) is 30.6 Å². The van der Waals surface area contributed by atoms with Crippen molar-refractivity contribution >= 4 is 23.6 Å². The van der Waals surface area contributed by atoms with Gasteiger partial charge in [0.25, 0.3) is 5.92 Å². The normalized spacial score (nSPS) is 14.3. The summed E-state index contributed by atoms with van der Waals surface area (Å²) in [6.45, 7) is 5.13. The molecule has 1 aliphatic heterocycles. The molecule has 1 N–H and O–H groups in total. The maximum Gasteiger partial charge on any atom is 0.339 e. The summed E-state index contributed by atoms with van der Waals surface area (Å²) in [5.41, 5.74) is 7.07. The van der Waals surface area contributed by atoms with Crippen molar-refractivity contribution < 1.29 is 28.2 Å². The van der Waals surface area contributed by atoms with Crippen LogP contribution in [0.1, 0.15) is 56.6 Å². The molecule has 1 aromatic heterocycles. The van der Waals surface area contributed by atoms with Crippen LogP contribution < -0.4 is 9.47 Å². The van der Waals surface area contributed by atoms with E-state index in [4.69, 9.17) is 26.3 Å². The largest absolute Gasteiger partial charge is 0.488 e. The second kappa shape index (κ2) is 14.8. The Balaban J connectivity index is 1.30. The zero-order chi connectivity index (χ0) is 33.6. The van der Waals surface area contributed by atoms with Crippen LogP contribution >= 0.6 is 11.6 Å². The Bertz CT molecular complexity index is 1850. The molecule has 0 bridgehead atoms. The molecular weight excluding hydrogens is 624 g/mol. The van der Waals surface area contributed by atoms with Crippen molar-refractivity contribution in [3.63, 3.8) is 0 Å². The Morgan fingerprint density at radius 3 is 2.53 bits per heavy atom. The Labute approximate surface area is 277 Å². The van der Waals surface area contributed by atoms with Crippen LogP contribution in [0, 0.1) is 25.2 Å². The molecule has 3 aromatic carbocycles. The molecule has 1 fully saturated rings. The molecule has 0 aliphatic carbocycles. The number of alkyl halides is 2. The van der Waals surface area contributed by atoms with Gasteiger partial charge in [0.1, 0.15) is 36.3 Å². The standard InChI is InChI=1S/C37H34ClF2N3O4/c1-24-28(7-3-4-13-43-14-12-37(39,40)23-43)8-5-10-30(24)31-11-6-9-29(25(31)2)22-47-35-17-34(32(36(44)45)16-33(35)38)46-21-27-15-26(18-41)19-42-20-27/h3,5-11,15-17,19-20H,4,12-14,21-23H2,1-2H3,(H,44,45)/b7-3+. The molecule has 5 rings (SSSR count). The van der Waals surface area contributed by atoms with Crippen molar-refractivity contribution in [2.75, 3.05) is 19.6 Å². The molecule has 2 heterocycles. The maximum atomic E-state index is 13.5. The van der Waals surface area contributed by atoms with Crippen molar-refractivity contribution in [3.8, 4) is 28.7 Å². The highest BCUT2D eigenvalue weighted by Gasteiger charge is 2.37. The van der Waals surface area contributed by atoms with Gasteiger partial charge in [0.05, 0.1) is 17.1 Å². The second-order valence-electron chi connectivity index (χ2n) is 11.5. The zero-order valence-corrected chi connectivity index (χ0v) is 26.9. The van der Waals surface area contributed by atoms with Gasteiger partial charge in [-0.15, -0.1) is 0 Å². The number of aromatic carboxylic acids is 1. The van der Waals surface area contributed by atoms with E-state index >= 15 is 0 Å². The fraction of sp³-hybridized carbons (Fsp3) is 0.270. The summed E-state index contributed by atoms with van der Waals surface area (Å²) in [5.74, 6) is -3.44. The molecule has 7 nitrogen and oxygen atoms in total. The van der Waals surface area contributed by atoms with E-state index in [0.717, 1.165) is 33.4 Å². The first-order valence-electron chi connectivity index (χ1n) is 15.2. The fourth-order valence-electron chi connectivity index (χ4n) is 5.60. The molecule has 1 aliphatic rings. The Kier molecular flexibility index (Phi) is 10.5. The summed E-state index contributed by atoms with van der Waals surface area (Å²) in [6.07, 6.45) is 7.68. The van der Waals surface area contributed by atoms with Gasteiger partial charge in [-0.2, -0.15) is 5.26 Å². The minimum absolute atomic E-state index is 0.00398. The topological polar surface area (TPSA) is 95.7 Å². The van der Waals surface area contributed by atoms with Gasteiger partial charge in [-0.25, -0.2) is 13.6 Å². The van der Waals surface area contributed by atoms with Crippen LogP contribution in [-0.2, 0) is 13.2 Å². The third-order valence-electron chi connectivity index (χ3n) is 8.24. The summed E-state index contributed by atoms with van der Waals surface area (Å²) < 4.78 is 38.9. The molecular formula is C37H34ClF2N3O4. The monoisotopic (exact) mass is 657 g/mol. The van der Waals surface area contributed by atoms with E-state index in [1.54, 1.807) is 17.2 Å². The molecule has 0 amide bonds. The number of rotatable bonds is 12. The minimum atomic E-state index is -2.58. The Hall–Kier alpha value is -4.78. The molecule has 0 atom stereocenters. The molecule has 1 saturated heterocycles. The van der Waals surface area contributed by atoms with Crippen molar-refractivity contribution in [2.45, 2.75) is 45.8 Å². The molecule has 47 heavy (non-hydrogen) atoms. The molecule has 0 radical (unpaired) electrons. The molecule has 242 valence electrons. The minimum Gasteiger partial charge on any atom is -0.488 e. The van der Waals surface area contributed by atoms with Crippen molar-refractivity contribution in [1.82, 2.24) is 9.88 Å². The number of aromatic nitrogens is 1. The summed E-state index contributed by atoms with van der Waals surface area (Å²) in [6, 6.07) is 18.5. The number of carboxylic acids is 1. The lowest BCUT2D eigenvalue weighted by Gasteiger charge is -2.17. The van der Waals surface area contributed by atoms with Crippen molar-refractivity contribution in [1.29, 1.82) is 5.26 Å². The van der Waals surface area contributed by atoms with Gasteiger partial charge < -0.3 is 14.6 Å². The highest BCUT2D eigenvalue weighted by atomic mass is 35.5. The molecule has 0 unspecified atom stereocenters. The second-order valence-corrected chi connectivity index (χ2v) is 11.9. The van der Waals surface area contributed by atoms with Gasteiger partial charge in [-0.05, 0) is 65.8 Å². The van der Waals surface area contributed by atoms with Gasteiger partial charge in [0.15, 0.2) is 0 Å². The summed E-state index contributed by atoms with van der Waals surface area (Å²) in [5, 5.41) is 19.0. The molecule has 4 aromatic rings. The van der Waals surface area contributed by atoms with Gasteiger partial charge in [-0.3, -0.25) is 9.88 Å². The third-order valence-corrected chi connectivity index (χ3v) is 8.53. The molecule has 0 saturated carbocycles. The van der Waals surface area contributed by atoms with Crippen LogP contribution in [-0.4, -0.2) is 46.5 Å². The van der Waals surface area contributed by atoms with Crippen LogP contribution in [0.15, 0.2) is 73.1 Å². The van der Waals surface area contributed by atoms with Crippen LogP contribution in [0.25, 0.3) is 17.2 Å². The number of hydrogen-bond donors (Lipinski definition) is 1. The number of carboxylic acid groups (broad SMARTS) is 1. The number of hydrogen-bond acceptors (Lipinski definition) is 6. The van der Waals surface area contributed by atoms with Crippen LogP contribution in [0.5, 0.6) is 11.5 Å². The van der Waals surface area contributed by atoms with Crippen molar-refractivity contribution in [3.05, 3.63) is 117 Å². The predicted molar refractivity (Wildman–Crippen MR) is 177 cm³/mol. The lowest BCUT2D eigenvalue weighted by molar-refractivity contribution is 0.0124. The van der Waals surface area contributed by atoms with E-state index in [9.17, 15) is 18.7 Å². The maximum absolute atomic E-state index is 13.5. The van der Waals surface area contributed by atoms with E-state index in [2.05, 4.69) is 30.1 Å². The van der Waals surface area contributed by atoms with Crippen molar-refractivity contribution in [2.24, 2.45) is 0 Å². The summed E-state index contributed by atoms with van der Waals surface area (Å²) in [7, 11) is 0. The van der Waals surface area contributed by atoms with Crippen LogP contribution in [0.3, 0.4) is 0 Å². The van der Waals surface area contributed by atoms with E-state index in [1.165, 1.54) is 18.3 Å². The number of halogens is 3. The summed E-state index contributed by atoms with van der Waals surface area (Å²) >= 11 is 6.44. The lowest BCUT2D eigenvalue weighted by Crippen LogP contribution is -2.25. The number of nitrogens with zero attached hydrogens (tertiary/aromatic N) is 3. The number of likely N-dealkylation sites (tertiary alicyclic amines) is 1. The van der Waals surface area contributed by atoms with E-state index in [1.807, 2.05) is 43.3 Å². The zero-order valence-electron chi connectivity index (χ0n) is 26.1. The number of ether oxygens (including phenoxy) is 2. The Morgan fingerprint density at radius 1 is 1.06 bits per heavy atom. The van der Waals surface area contributed by atoms with Gasteiger partial charge in [-0.1, -0.05) is 60.2 Å². The average molecular weight is 658 g/mol. The quantitative estimate of drug-likeness (QED) is 0.163. The number of carbonyl (C=O) groups is 1. The van der Waals surface area contributed by atoms with Crippen LogP contribution in [0.2, 0.25) is 5.02 Å². The number of benzene rings is 3. The SMILES string of the molecule is Cc1c(/C=C/CCN2CCC(F)(F)C2)cccc1-c1cccc(COc2cc(OCc3cncc(C#N)c3)c(C(=O)O)cc2Cl)c1C. The first kappa shape index (κ1) is 33.6.